The van der Waals surface area contributed by atoms with E-state index in [0.29, 0.717) is 6.42 Å². The second-order valence-electron chi connectivity index (χ2n) is 2.76. The van der Waals surface area contributed by atoms with Gasteiger partial charge in [-0.1, -0.05) is 32.8 Å². The third kappa shape index (κ3) is 7.31. The summed E-state index contributed by atoms with van der Waals surface area (Å²) >= 11 is 0. The Morgan fingerprint density at radius 1 is 1.27 bits per heavy atom. The molecular formula is C10H18O. The van der Waals surface area contributed by atoms with Crippen LogP contribution in [-0.4, -0.2) is 5.78 Å². The Morgan fingerprint density at radius 3 is 2.55 bits per heavy atom. The summed E-state index contributed by atoms with van der Waals surface area (Å²) in [5.41, 5.74) is 0. The van der Waals surface area contributed by atoms with Gasteiger partial charge < -0.3 is 0 Å². The van der Waals surface area contributed by atoms with Crippen LogP contribution in [-0.2, 0) is 4.79 Å². The summed E-state index contributed by atoms with van der Waals surface area (Å²) in [7, 11) is 0. The van der Waals surface area contributed by atoms with Gasteiger partial charge in [-0.3, -0.25) is 4.79 Å². The third-order valence-corrected chi connectivity index (χ3v) is 1.52. The minimum atomic E-state index is 0.267. The average molecular weight is 154 g/mol. The zero-order valence-corrected chi connectivity index (χ0v) is 7.60. The van der Waals surface area contributed by atoms with E-state index in [2.05, 4.69) is 6.92 Å². The number of hydrogen-bond donors (Lipinski definition) is 0. The maximum absolute atomic E-state index is 10.9. The highest BCUT2D eigenvalue weighted by atomic mass is 16.1. The number of carbonyl (C=O) groups is 1. The highest BCUT2D eigenvalue weighted by molar-refractivity contribution is 5.89. The fourth-order valence-electron chi connectivity index (χ4n) is 0.866. The maximum atomic E-state index is 10.9. The van der Waals surface area contributed by atoms with E-state index in [1.807, 2.05) is 13.0 Å². The summed E-state index contributed by atoms with van der Waals surface area (Å²) in [4.78, 5) is 10.9. The highest BCUT2D eigenvalue weighted by Crippen LogP contribution is 1.96. The molecule has 0 bridgehead atoms. The Morgan fingerprint density at radius 2 is 2.00 bits per heavy atom. The van der Waals surface area contributed by atoms with Crippen molar-refractivity contribution in [2.75, 3.05) is 0 Å². The first-order valence-electron chi connectivity index (χ1n) is 4.50. The molecule has 0 N–H and O–H groups in total. The predicted octanol–water partition coefficient (Wildman–Crippen LogP) is 3.10. The number of allylic oxidation sites excluding steroid dienone is 2. The second kappa shape index (κ2) is 7.52. The van der Waals surface area contributed by atoms with Crippen LogP contribution in [0.4, 0.5) is 0 Å². The number of hydrogen-bond acceptors (Lipinski definition) is 1. The molecule has 0 saturated carbocycles. The van der Waals surface area contributed by atoms with Gasteiger partial charge in [-0.25, -0.2) is 0 Å². The van der Waals surface area contributed by atoms with Gasteiger partial charge in [0.1, 0.15) is 0 Å². The second-order valence-corrected chi connectivity index (χ2v) is 2.76. The first-order chi connectivity index (χ1) is 5.31. The highest BCUT2D eigenvalue weighted by Gasteiger charge is 1.91. The van der Waals surface area contributed by atoms with Crippen LogP contribution in [0.1, 0.15) is 46.0 Å². The molecule has 0 fully saturated rings. The van der Waals surface area contributed by atoms with Gasteiger partial charge in [0.05, 0.1) is 0 Å². The number of carbonyl (C=O) groups excluding carboxylic acids is 1. The monoisotopic (exact) mass is 154 g/mol. The van der Waals surface area contributed by atoms with Crippen molar-refractivity contribution in [1.82, 2.24) is 0 Å². The average Bonchev–Trinajstić information content (AvgIpc) is 1.99. The Kier molecular flexibility index (Phi) is 7.11. The molecule has 0 heterocycles. The van der Waals surface area contributed by atoms with Gasteiger partial charge in [-0.05, 0) is 18.9 Å². The van der Waals surface area contributed by atoms with Crippen LogP contribution in [0.15, 0.2) is 12.2 Å². The Labute approximate surface area is 69.5 Å². The van der Waals surface area contributed by atoms with Crippen LogP contribution in [0.25, 0.3) is 0 Å². The minimum Gasteiger partial charge on any atom is -0.295 e. The number of rotatable bonds is 6. The van der Waals surface area contributed by atoms with E-state index >= 15 is 0 Å². The van der Waals surface area contributed by atoms with E-state index in [0.717, 1.165) is 12.8 Å². The zero-order valence-electron chi connectivity index (χ0n) is 7.60. The number of unbranched alkanes of at least 4 members (excludes halogenated alkanes) is 2. The summed E-state index contributed by atoms with van der Waals surface area (Å²) in [6.07, 6.45) is 8.80. The van der Waals surface area contributed by atoms with Gasteiger partial charge in [-0.15, -0.1) is 0 Å². The molecule has 0 atom stereocenters. The van der Waals surface area contributed by atoms with Crippen molar-refractivity contribution in [1.29, 1.82) is 0 Å². The Balaban J connectivity index is 3.32. The summed E-state index contributed by atoms with van der Waals surface area (Å²) in [6.45, 7) is 4.18. The molecule has 11 heavy (non-hydrogen) atoms. The van der Waals surface area contributed by atoms with Gasteiger partial charge >= 0.3 is 0 Å². The lowest BCUT2D eigenvalue weighted by atomic mass is 10.2. The quantitative estimate of drug-likeness (QED) is 0.424. The molecule has 1 heteroatoms. The first kappa shape index (κ1) is 10.4. The van der Waals surface area contributed by atoms with Crippen molar-refractivity contribution in [2.24, 2.45) is 0 Å². The molecule has 0 spiro atoms. The van der Waals surface area contributed by atoms with Crippen molar-refractivity contribution < 1.29 is 4.79 Å². The van der Waals surface area contributed by atoms with Crippen molar-refractivity contribution in [2.45, 2.75) is 46.0 Å². The molecule has 1 nitrogen and oxygen atoms in total. The molecule has 64 valence electrons. The van der Waals surface area contributed by atoms with E-state index in [1.54, 1.807) is 6.08 Å². The fraction of sp³-hybridized carbons (Fsp3) is 0.700. The van der Waals surface area contributed by atoms with Gasteiger partial charge in [0.25, 0.3) is 0 Å². The molecule has 0 aromatic rings. The zero-order chi connectivity index (χ0) is 8.53. The van der Waals surface area contributed by atoms with E-state index in [1.165, 1.54) is 12.8 Å². The molecule has 0 aromatic carbocycles. The molecular weight excluding hydrogens is 136 g/mol. The van der Waals surface area contributed by atoms with Crippen LogP contribution < -0.4 is 0 Å². The topological polar surface area (TPSA) is 17.1 Å². The normalized spacial score (nSPS) is 10.7. The molecule has 0 unspecified atom stereocenters. The van der Waals surface area contributed by atoms with Crippen LogP contribution in [0.2, 0.25) is 0 Å². The van der Waals surface area contributed by atoms with E-state index in [9.17, 15) is 4.79 Å². The van der Waals surface area contributed by atoms with Gasteiger partial charge in [-0.2, -0.15) is 0 Å². The SMILES string of the molecule is CCCCC=CC(=O)CCC. The first-order valence-corrected chi connectivity index (χ1v) is 4.50. The Bertz CT molecular complexity index is 125. The van der Waals surface area contributed by atoms with Crippen molar-refractivity contribution in [3.8, 4) is 0 Å². The van der Waals surface area contributed by atoms with Gasteiger partial charge in [0, 0.05) is 6.42 Å². The van der Waals surface area contributed by atoms with Gasteiger partial charge in [0.2, 0.25) is 0 Å². The largest absolute Gasteiger partial charge is 0.295 e. The van der Waals surface area contributed by atoms with Crippen LogP contribution in [0.3, 0.4) is 0 Å². The lowest BCUT2D eigenvalue weighted by Gasteiger charge is -1.89. The predicted molar refractivity (Wildman–Crippen MR) is 48.6 cm³/mol. The van der Waals surface area contributed by atoms with Crippen LogP contribution >= 0.6 is 0 Å². The molecule has 0 rings (SSSR count). The third-order valence-electron chi connectivity index (χ3n) is 1.52. The lowest BCUT2D eigenvalue weighted by Crippen LogP contribution is -1.89. The summed E-state index contributed by atoms with van der Waals surface area (Å²) < 4.78 is 0. The minimum absolute atomic E-state index is 0.267. The van der Waals surface area contributed by atoms with Crippen LogP contribution in [0.5, 0.6) is 0 Å². The maximum Gasteiger partial charge on any atom is 0.155 e. The van der Waals surface area contributed by atoms with E-state index in [-0.39, 0.29) is 5.78 Å². The fourth-order valence-corrected chi connectivity index (χ4v) is 0.866. The molecule has 0 aliphatic carbocycles. The van der Waals surface area contributed by atoms with Gasteiger partial charge in [0.15, 0.2) is 5.78 Å². The summed E-state index contributed by atoms with van der Waals surface area (Å²) in [6, 6.07) is 0. The van der Waals surface area contributed by atoms with Crippen molar-refractivity contribution in [3.05, 3.63) is 12.2 Å². The Hall–Kier alpha value is -0.590. The smallest absolute Gasteiger partial charge is 0.155 e. The van der Waals surface area contributed by atoms with E-state index < -0.39 is 0 Å². The molecule has 0 radical (unpaired) electrons. The standard InChI is InChI=1S/C10H18O/c1-3-5-6-7-9-10(11)8-4-2/h7,9H,3-6,8H2,1-2H3. The summed E-state index contributed by atoms with van der Waals surface area (Å²) in [5, 5.41) is 0. The molecule has 0 aliphatic rings. The number of ketones is 1. The van der Waals surface area contributed by atoms with Crippen LogP contribution in [0, 0.1) is 0 Å². The molecule has 0 saturated heterocycles. The molecule has 0 aliphatic heterocycles. The lowest BCUT2D eigenvalue weighted by molar-refractivity contribution is -0.114. The van der Waals surface area contributed by atoms with Crippen molar-refractivity contribution >= 4 is 5.78 Å². The van der Waals surface area contributed by atoms with E-state index in [4.69, 9.17) is 0 Å². The van der Waals surface area contributed by atoms with Crippen molar-refractivity contribution in [3.63, 3.8) is 0 Å². The molecule has 0 aromatic heterocycles. The molecule has 0 amide bonds. The summed E-state index contributed by atoms with van der Waals surface area (Å²) in [5.74, 6) is 0.267.